The van der Waals surface area contributed by atoms with E-state index in [4.69, 9.17) is 14.2 Å². The molecule has 0 fully saturated rings. The van der Waals surface area contributed by atoms with Gasteiger partial charge in [-0.05, 0) is 72.0 Å². The molecular formula is C29H33NO5S. The van der Waals surface area contributed by atoms with Gasteiger partial charge in [0.2, 0.25) is 0 Å². The lowest BCUT2D eigenvalue weighted by Crippen LogP contribution is -2.37. The van der Waals surface area contributed by atoms with Crippen molar-refractivity contribution >= 4 is 21.8 Å². The van der Waals surface area contributed by atoms with E-state index in [0.29, 0.717) is 30.4 Å². The minimum atomic E-state index is -3.73. The van der Waals surface area contributed by atoms with E-state index in [1.165, 1.54) is 24.8 Å². The quantitative estimate of drug-likeness (QED) is 0.394. The monoisotopic (exact) mass is 507 g/mol. The normalized spacial score (nSPS) is 17.2. The maximum Gasteiger partial charge on any atom is 0.261 e. The minimum Gasteiger partial charge on any atom is -0.497 e. The van der Waals surface area contributed by atoms with Gasteiger partial charge in [0.15, 0.2) is 0 Å². The van der Waals surface area contributed by atoms with Crippen LogP contribution in [0.5, 0.6) is 11.5 Å². The molecule has 36 heavy (non-hydrogen) atoms. The molecule has 1 aliphatic heterocycles. The molecule has 1 N–H and O–H groups in total. The molecule has 1 aliphatic rings. The number of ether oxygens (including phenoxy) is 3. The molecular weight excluding hydrogens is 474 g/mol. The highest BCUT2D eigenvalue weighted by Gasteiger charge is 2.28. The van der Waals surface area contributed by atoms with Crippen LogP contribution in [-0.4, -0.2) is 27.7 Å². The third kappa shape index (κ3) is 6.09. The Bertz CT molecular complexity index is 1340. The van der Waals surface area contributed by atoms with Crippen molar-refractivity contribution in [3.05, 3.63) is 89.5 Å². The molecule has 3 aromatic carbocycles. The van der Waals surface area contributed by atoms with Crippen LogP contribution < -0.4 is 14.2 Å². The molecule has 6 nitrogen and oxygen atoms in total. The molecule has 0 radical (unpaired) electrons. The van der Waals surface area contributed by atoms with Crippen molar-refractivity contribution in [2.24, 2.45) is 0 Å². The van der Waals surface area contributed by atoms with Crippen molar-refractivity contribution < 1.29 is 22.6 Å². The van der Waals surface area contributed by atoms with E-state index in [1.807, 2.05) is 19.1 Å². The van der Waals surface area contributed by atoms with Gasteiger partial charge in [0.25, 0.3) is 10.0 Å². The summed E-state index contributed by atoms with van der Waals surface area (Å²) >= 11 is 0. The van der Waals surface area contributed by atoms with E-state index in [1.54, 1.807) is 30.3 Å². The summed E-state index contributed by atoms with van der Waals surface area (Å²) in [5.41, 5.74) is 3.15. The van der Waals surface area contributed by atoms with E-state index in [2.05, 4.69) is 49.8 Å². The summed E-state index contributed by atoms with van der Waals surface area (Å²) in [7, 11) is -2.19. The molecule has 1 unspecified atom stereocenters. The Kier molecular flexibility index (Phi) is 7.16. The number of methoxy groups -OCH3 is 1. The van der Waals surface area contributed by atoms with Crippen molar-refractivity contribution in [1.82, 2.24) is 0 Å². The first-order chi connectivity index (χ1) is 17.0. The number of hydrogen-bond donors (Lipinski definition) is 1. The number of hydrogen-bond acceptors (Lipinski definition) is 5. The summed E-state index contributed by atoms with van der Waals surface area (Å²) in [6.07, 6.45) is 3.88. The Morgan fingerprint density at radius 2 is 1.67 bits per heavy atom. The fourth-order valence-corrected chi connectivity index (χ4v) is 4.95. The molecule has 0 bridgehead atoms. The van der Waals surface area contributed by atoms with Gasteiger partial charge in [0, 0.05) is 11.3 Å². The van der Waals surface area contributed by atoms with Gasteiger partial charge in [-0.1, -0.05) is 51.1 Å². The lowest BCUT2D eigenvalue weighted by molar-refractivity contribution is 0.00631. The predicted molar refractivity (Wildman–Crippen MR) is 143 cm³/mol. The standard InChI is InChI=1S/C29H33NO5S/c1-28(2,3)23-8-6-21(7-9-23)19-34-20-29(4)17-16-22-18-24(10-15-27(22)35-29)30-36(31,32)26-13-11-25(33-5)12-14-26/h6-18,30H,19-20H2,1-5H3. The molecule has 4 rings (SSSR count). The summed E-state index contributed by atoms with van der Waals surface area (Å²) in [4.78, 5) is 0.158. The average molecular weight is 508 g/mol. The van der Waals surface area contributed by atoms with Crippen molar-refractivity contribution in [1.29, 1.82) is 0 Å². The zero-order chi connectivity index (χ0) is 26.0. The topological polar surface area (TPSA) is 73.9 Å². The van der Waals surface area contributed by atoms with Crippen LogP contribution in [0.4, 0.5) is 5.69 Å². The van der Waals surface area contributed by atoms with Gasteiger partial charge in [0.1, 0.15) is 17.1 Å². The zero-order valence-electron chi connectivity index (χ0n) is 21.4. The van der Waals surface area contributed by atoms with Gasteiger partial charge in [-0.15, -0.1) is 0 Å². The van der Waals surface area contributed by atoms with E-state index in [9.17, 15) is 8.42 Å². The maximum atomic E-state index is 12.8. The molecule has 1 heterocycles. The molecule has 0 aromatic heterocycles. The fraction of sp³-hybridized carbons (Fsp3) is 0.310. The van der Waals surface area contributed by atoms with Crippen LogP contribution >= 0.6 is 0 Å². The van der Waals surface area contributed by atoms with Crippen molar-refractivity contribution in [3.63, 3.8) is 0 Å². The number of benzene rings is 3. The van der Waals surface area contributed by atoms with Gasteiger partial charge >= 0.3 is 0 Å². The van der Waals surface area contributed by atoms with Gasteiger partial charge in [0.05, 0.1) is 25.2 Å². The second kappa shape index (κ2) is 9.99. The van der Waals surface area contributed by atoms with Crippen LogP contribution in [0, 0.1) is 0 Å². The van der Waals surface area contributed by atoms with E-state index >= 15 is 0 Å². The van der Waals surface area contributed by atoms with Crippen molar-refractivity contribution in [3.8, 4) is 11.5 Å². The van der Waals surface area contributed by atoms with Crippen LogP contribution in [0.3, 0.4) is 0 Å². The van der Waals surface area contributed by atoms with Gasteiger partial charge < -0.3 is 14.2 Å². The third-order valence-corrected chi connectivity index (χ3v) is 7.46. The fourth-order valence-electron chi connectivity index (χ4n) is 3.91. The zero-order valence-corrected chi connectivity index (χ0v) is 22.2. The highest BCUT2D eigenvalue weighted by molar-refractivity contribution is 7.92. The van der Waals surface area contributed by atoms with E-state index in [0.717, 1.165) is 11.1 Å². The Morgan fingerprint density at radius 1 is 0.972 bits per heavy atom. The van der Waals surface area contributed by atoms with E-state index < -0.39 is 15.6 Å². The average Bonchev–Trinajstić information content (AvgIpc) is 2.84. The van der Waals surface area contributed by atoms with Crippen LogP contribution in [0.25, 0.3) is 6.08 Å². The van der Waals surface area contributed by atoms with Crippen LogP contribution in [0.2, 0.25) is 0 Å². The van der Waals surface area contributed by atoms with Crippen molar-refractivity contribution in [2.45, 2.75) is 50.2 Å². The Hall–Kier alpha value is -3.29. The molecule has 1 atom stereocenters. The lowest BCUT2D eigenvalue weighted by atomic mass is 9.87. The highest BCUT2D eigenvalue weighted by atomic mass is 32.2. The van der Waals surface area contributed by atoms with Gasteiger partial charge in [-0.25, -0.2) is 8.42 Å². The number of rotatable bonds is 8. The van der Waals surface area contributed by atoms with E-state index in [-0.39, 0.29) is 10.3 Å². The second-order valence-electron chi connectivity index (χ2n) is 10.2. The summed E-state index contributed by atoms with van der Waals surface area (Å²) in [6, 6.07) is 20.0. The highest BCUT2D eigenvalue weighted by Crippen LogP contribution is 2.34. The minimum absolute atomic E-state index is 0.121. The lowest BCUT2D eigenvalue weighted by Gasteiger charge is -2.31. The molecule has 0 aliphatic carbocycles. The molecule has 190 valence electrons. The molecule has 3 aromatic rings. The largest absolute Gasteiger partial charge is 0.497 e. The molecule has 0 spiro atoms. The maximum absolute atomic E-state index is 12.8. The summed E-state index contributed by atoms with van der Waals surface area (Å²) < 4.78 is 45.4. The number of fused-ring (bicyclic) bond motifs is 1. The third-order valence-electron chi connectivity index (χ3n) is 6.07. The Labute approximate surface area is 214 Å². The SMILES string of the molecule is COc1ccc(S(=O)(=O)Nc2ccc3c(c2)C=CC(C)(COCc2ccc(C(C)(C)C)cc2)O3)cc1. The number of sulfonamides is 1. The number of nitrogens with one attached hydrogen (secondary N) is 1. The molecule has 0 saturated heterocycles. The second-order valence-corrected chi connectivity index (χ2v) is 11.9. The molecule has 7 heteroatoms. The van der Waals surface area contributed by atoms with Gasteiger partial charge in [-0.3, -0.25) is 4.72 Å². The summed E-state index contributed by atoms with van der Waals surface area (Å²) in [5, 5.41) is 0. The summed E-state index contributed by atoms with van der Waals surface area (Å²) in [6.45, 7) is 9.44. The van der Waals surface area contributed by atoms with Crippen LogP contribution in [0.15, 0.2) is 77.7 Å². The molecule has 0 amide bonds. The van der Waals surface area contributed by atoms with Crippen molar-refractivity contribution in [2.75, 3.05) is 18.4 Å². The Morgan fingerprint density at radius 3 is 2.31 bits per heavy atom. The Balaban J connectivity index is 1.37. The summed E-state index contributed by atoms with van der Waals surface area (Å²) in [5.74, 6) is 1.26. The predicted octanol–water partition coefficient (Wildman–Crippen LogP) is 6.17. The molecule has 0 saturated carbocycles. The smallest absolute Gasteiger partial charge is 0.261 e. The first-order valence-electron chi connectivity index (χ1n) is 11.8. The van der Waals surface area contributed by atoms with Crippen LogP contribution in [-0.2, 0) is 26.8 Å². The van der Waals surface area contributed by atoms with Crippen LogP contribution in [0.1, 0.15) is 44.4 Å². The van der Waals surface area contributed by atoms with Gasteiger partial charge in [-0.2, -0.15) is 0 Å². The first-order valence-corrected chi connectivity index (χ1v) is 13.3. The number of anilines is 1. The first kappa shape index (κ1) is 25.8.